The lowest BCUT2D eigenvalue weighted by Crippen LogP contribution is -2.13. The van der Waals surface area contributed by atoms with Crippen molar-refractivity contribution in [1.29, 1.82) is 0 Å². The number of nitrogens with two attached hydrogens (primary N) is 1. The van der Waals surface area contributed by atoms with Crippen LogP contribution in [0.25, 0.3) is 0 Å². The summed E-state index contributed by atoms with van der Waals surface area (Å²) in [5.41, 5.74) is 11.2. The standard InChI is InChI=1S/C18H22ClN/c1-12(2)15-6-4-14(5-7-15)10-18(20)16-8-13(3)9-17(19)11-16/h4-9,11-12,18H,10,20H2,1-3H3. The van der Waals surface area contributed by atoms with Crippen molar-refractivity contribution < 1.29 is 0 Å². The Kier molecular flexibility index (Phi) is 4.85. The molecular formula is C18H22ClN. The lowest BCUT2D eigenvalue weighted by atomic mass is 9.96. The zero-order valence-corrected chi connectivity index (χ0v) is 13.1. The molecule has 0 spiro atoms. The van der Waals surface area contributed by atoms with Gasteiger partial charge in [0.15, 0.2) is 0 Å². The van der Waals surface area contributed by atoms with Gasteiger partial charge in [-0.15, -0.1) is 0 Å². The fraction of sp³-hybridized carbons (Fsp3) is 0.333. The van der Waals surface area contributed by atoms with Crippen LogP contribution in [-0.4, -0.2) is 0 Å². The van der Waals surface area contributed by atoms with Crippen LogP contribution in [0.5, 0.6) is 0 Å². The van der Waals surface area contributed by atoms with Crippen molar-refractivity contribution in [3.8, 4) is 0 Å². The molecule has 2 rings (SSSR count). The van der Waals surface area contributed by atoms with Gasteiger partial charge >= 0.3 is 0 Å². The Labute approximate surface area is 126 Å². The molecule has 2 N–H and O–H groups in total. The van der Waals surface area contributed by atoms with E-state index in [0.717, 1.165) is 22.6 Å². The molecule has 0 aliphatic rings. The van der Waals surface area contributed by atoms with Crippen molar-refractivity contribution in [2.24, 2.45) is 5.73 Å². The molecule has 0 radical (unpaired) electrons. The van der Waals surface area contributed by atoms with Gasteiger partial charge in [-0.05, 0) is 53.6 Å². The summed E-state index contributed by atoms with van der Waals surface area (Å²) in [4.78, 5) is 0. The molecule has 0 aliphatic carbocycles. The molecule has 0 saturated heterocycles. The molecule has 2 heteroatoms. The number of hydrogen-bond acceptors (Lipinski definition) is 1. The van der Waals surface area contributed by atoms with E-state index < -0.39 is 0 Å². The Morgan fingerprint density at radius 2 is 1.65 bits per heavy atom. The predicted octanol–water partition coefficient (Wildman–Crippen LogP) is 5.01. The van der Waals surface area contributed by atoms with Gasteiger partial charge in [0.1, 0.15) is 0 Å². The Bertz CT molecular complexity index is 552. The molecule has 2 aromatic rings. The van der Waals surface area contributed by atoms with Crippen molar-refractivity contribution >= 4 is 11.6 Å². The van der Waals surface area contributed by atoms with E-state index in [1.165, 1.54) is 11.1 Å². The van der Waals surface area contributed by atoms with Crippen molar-refractivity contribution in [2.45, 2.75) is 39.2 Å². The summed E-state index contributed by atoms with van der Waals surface area (Å²) in [5.74, 6) is 0.563. The summed E-state index contributed by atoms with van der Waals surface area (Å²) >= 11 is 6.10. The lowest BCUT2D eigenvalue weighted by Gasteiger charge is -2.14. The highest BCUT2D eigenvalue weighted by Gasteiger charge is 2.09. The van der Waals surface area contributed by atoms with E-state index in [9.17, 15) is 0 Å². The number of aryl methyl sites for hydroxylation is 1. The largest absolute Gasteiger partial charge is 0.324 e. The minimum absolute atomic E-state index is 0.0164. The summed E-state index contributed by atoms with van der Waals surface area (Å²) in [6, 6.07) is 14.7. The highest BCUT2D eigenvalue weighted by molar-refractivity contribution is 6.30. The fourth-order valence-corrected chi connectivity index (χ4v) is 2.69. The second-order valence-corrected chi connectivity index (χ2v) is 6.21. The molecule has 106 valence electrons. The minimum Gasteiger partial charge on any atom is -0.324 e. The SMILES string of the molecule is Cc1cc(Cl)cc(C(N)Cc2ccc(C(C)C)cc2)c1. The Morgan fingerprint density at radius 3 is 2.20 bits per heavy atom. The smallest absolute Gasteiger partial charge is 0.0411 e. The molecular weight excluding hydrogens is 266 g/mol. The van der Waals surface area contributed by atoms with Gasteiger partial charge < -0.3 is 5.73 Å². The van der Waals surface area contributed by atoms with Crippen molar-refractivity contribution in [3.63, 3.8) is 0 Å². The molecule has 0 heterocycles. The van der Waals surface area contributed by atoms with E-state index in [1.54, 1.807) is 0 Å². The average Bonchev–Trinajstić information content (AvgIpc) is 2.38. The maximum atomic E-state index is 6.30. The zero-order chi connectivity index (χ0) is 14.7. The van der Waals surface area contributed by atoms with Gasteiger partial charge in [-0.2, -0.15) is 0 Å². The molecule has 2 aromatic carbocycles. The Hall–Kier alpha value is -1.31. The second kappa shape index (κ2) is 6.43. The van der Waals surface area contributed by atoms with Gasteiger partial charge in [0.2, 0.25) is 0 Å². The van der Waals surface area contributed by atoms with E-state index in [0.29, 0.717) is 5.92 Å². The monoisotopic (exact) mass is 287 g/mol. The number of hydrogen-bond donors (Lipinski definition) is 1. The molecule has 1 unspecified atom stereocenters. The van der Waals surface area contributed by atoms with Gasteiger partial charge in [0, 0.05) is 11.1 Å². The number of benzene rings is 2. The van der Waals surface area contributed by atoms with Gasteiger partial charge in [-0.3, -0.25) is 0 Å². The van der Waals surface area contributed by atoms with E-state index in [4.69, 9.17) is 17.3 Å². The molecule has 0 aliphatic heterocycles. The Balaban J connectivity index is 2.12. The molecule has 0 amide bonds. The van der Waals surface area contributed by atoms with Crippen LogP contribution in [0.3, 0.4) is 0 Å². The first-order valence-electron chi connectivity index (χ1n) is 7.07. The summed E-state index contributed by atoms with van der Waals surface area (Å²) in [6.45, 7) is 6.45. The van der Waals surface area contributed by atoms with E-state index in [-0.39, 0.29) is 6.04 Å². The summed E-state index contributed by atoms with van der Waals surface area (Å²) in [5, 5.41) is 0.755. The number of halogens is 1. The minimum atomic E-state index is -0.0164. The van der Waals surface area contributed by atoms with Crippen LogP contribution >= 0.6 is 11.6 Å². The molecule has 20 heavy (non-hydrogen) atoms. The molecule has 1 atom stereocenters. The third-order valence-corrected chi connectivity index (χ3v) is 3.81. The maximum Gasteiger partial charge on any atom is 0.0411 e. The first-order chi connectivity index (χ1) is 9.45. The fourth-order valence-electron chi connectivity index (χ4n) is 2.39. The maximum absolute atomic E-state index is 6.30. The van der Waals surface area contributed by atoms with Crippen LogP contribution in [0.15, 0.2) is 42.5 Å². The highest BCUT2D eigenvalue weighted by Crippen LogP contribution is 2.22. The zero-order valence-electron chi connectivity index (χ0n) is 12.4. The normalized spacial score (nSPS) is 12.7. The number of rotatable bonds is 4. The van der Waals surface area contributed by atoms with Crippen LogP contribution in [0.2, 0.25) is 5.02 Å². The molecule has 0 saturated carbocycles. The van der Waals surface area contributed by atoms with Gasteiger partial charge in [-0.1, -0.05) is 55.8 Å². The predicted molar refractivity (Wildman–Crippen MR) is 87.4 cm³/mol. The quantitative estimate of drug-likeness (QED) is 0.840. The second-order valence-electron chi connectivity index (χ2n) is 5.77. The summed E-state index contributed by atoms with van der Waals surface area (Å²) in [6.07, 6.45) is 0.832. The van der Waals surface area contributed by atoms with Crippen LogP contribution in [0.4, 0.5) is 0 Å². The van der Waals surface area contributed by atoms with Crippen molar-refractivity contribution in [1.82, 2.24) is 0 Å². The third kappa shape index (κ3) is 3.84. The third-order valence-electron chi connectivity index (χ3n) is 3.59. The van der Waals surface area contributed by atoms with Crippen molar-refractivity contribution in [2.75, 3.05) is 0 Å². The van der Waals surface area contributed by atoms with Crippen molar-refractivity contribution in [3.05, 3.63) is 69.7 Å². The van der Waals surface area contributed by atoms with Gasteiger partial charge in [-0.25, -0.2) is 0 Å². The van der Waals surface area contributed by atoms with E-state index >= 15 is 0 Å². The topological polar surface area (TPSA) is 26.0 Å². The lowest BCUT2D eigenvalue weighted by molar-refractivity contribution is 0.720. The summed E-state index contributed by atoms with van der Waals surface area (Å²) < 4.78 is 0. The van der Waals surface area contributed by atoms with E-state index in [2.05, 4.69) is 44.2 Å². The molecule has 0 aromatic heterocycles. The molecule has 0 fully saturated rings. The average molecular weight is 288 g/mol. The molecule has 0 bridgehead atoms. The van der Waals surface area contributed by atoms with Crippen LogP contribution in [-0.2, 0) is 6.42 Å². The molecule has 1 nitrogen and oxygen atoms in total. The summed E-state index contributed by atoms with van der Waals surface area (Å²) in [7, 11) is 0. The van der Waals surface area contributed by atoms with Crippen LogP contribution in [0, 0.1) is 6.92 Å². The van der Waals surface area contributed by atoms with Crippen LogP contribution in [0.1, 0.15) is 48.1 Å². The van der Waals surface area contributed by atoms with Crippen LogP contribution < -0.4 is 5.73 Å². The van der Waals surface area contributed by atoms with E-state index in [1.807, 2.05) is 19.1 Å². The first kappa shape index (κ1) is 15.1. The van der Waals surface area contributed by atoms with Gasteiger partial charge in [0.05, 0.1) is 0 Å². The Morgan fingerprint density at radius 1 is 1.00 bits per heavy atom. The highest BCUT2D eigenvalue weighted by atomic mass is 35.5. The first-order valence-corrected chi connectivity index (χ1v) is 7.45. The van der Waals surface area contributed by atoms with Gasteiger partial charge in [0.25, 0.3) is 0 Å².